The van der Waals surface area contributed by atoms with Crippen LogP contribution in [0.5, 0.6) is 0 Å². The first-order chi connectivity index (χ1) is 9.52. The molecule has 1 aliphatic carbocycles. The second-order valence-corrected chi connectivity index (χ2v) is 5.99. The molecule has 1 aromatic rings. The van der Waals surface area contributed by atoms with Crippen molar-refractivity contribution in [3.8, 4) is 0 Å². The SMILES string of the molecule is CCN(CCNc1cc(F)c(I)cc1[N+](=O)[O-])C1CC1. The third-order valence-electron chi connectivity index (χ3n) is 3.42. The number of halogens is 2. The van der Waals surface area contributed by atoms with E-state index >= 15 is 0 Å². The van der Waals surface area contributed by atoms with Crippen LogP contribution in [0, 0.1) is 19.5 Å². The minimum Gasteiger partial charge on any atom is -0.378 e. The minimum absolute atomic E-state index is 0.0785. The minimum atomic E-state index is -0.484. The van der Waals surface area contributed by atoms with Crippen molar-refractivity contribution >= 4 is 34.0 Å². The average Bonchev–Trinajstić information content (AvgIpc) is 3.22. The van der Waals surface area contributed by atoms with Crippen LogP contribution in [0.25, 0.3) is 0 Å². The summed E-state index contributed by atoms with van der Waals surface area (Å²) >= 11 is 1.76. The molecule has 1 aromatic carbocycles. The van der Waals surface area contributed by atoms with E-state index < -0.39 is 10.7 Å². The molecule has 1 aliphatic rings. The highest BCUT2D eigenvalue weighted by atomic mass is 127. The van der Waals surface area contributed by atoms with Gasteiger partial charge in [0.15, 0.2) is 0 Å². The zero-order valence-corrected chi connectivity index (χ0v) is 13.4. The maximum atomic E-state index is 13.5. The lowest BCUT2D eigenvalue weighted by Crippen LogP contribution is -2.31. The molecule has 0 heterocycles. The normalized spacial score (nSPS) is 14.6. The summed E-state index contributed by atoms with van der Waals surface area (Å²) in [7, 11) is 0. The van der Waals surface area contributed by atoms with Crippen molar-refractivity contribution in [2.75, 3.05) is 25.0 Å². The summed E-state index contributed by atoms with van der Waals surface area (Å²) in [6, 6.07) is 3.12. The van der Waals surface area contributed by atoms with Gasteiger partial charge in [-0.2, -0.15) is 0 Å². The molecule has 1 fully saturated rings. The predicted octanol–water partition coefficient (Wildman–Crippen LogP) is 3.23. The highest BCUT2D eigenvalue weighted by Gasteiger charge is 2.27. The molecule has 0 aromatic heterocycles. The summed E-state index contributed by atoms with van der Waals surface area (Å²) in [4.78, 5) is 12.8. The zero-order chi connectivity index (χ0) is 14.7. The number of nitro groups is 1. The van der Waals surface area contributed by atoms with E-state index in [-0.39, 0.29) is 14.9 Å². The molecule has 0 aliphatic heterocycles. The van der Waals surface area contributed by atoms with E-state index in [2.05, 4.69) is 17.1 Å². The van der Waals surface area contributed by atoms with Crippen LogP contribution in [-0.2, 0) is 0 Å². The van der Waals surface area contributed by atoms with Gasteiger partial charge >= 0.3 is 0 Å². The van der Waals surface area contributed by atoms with E-state index in [0.29, 0.717) is 12.6 Å². The number of rotatable bonds is 7. The van der Waals surface area contributed by atoms with Gasteiger partial charge in [-0.25, -0.2) is 4.39 Å². The van der Waals surface area contributed by atoms with E-state index in [1.54, 1.807) is 22.6 Å². The Hall–Kier alpha value is -0.960. The fourth-order valence-corrected chi connectivity index (χ4v) is 2.65. The average molecular weight is 393 g/mol. The van der Waals surface area contributed by atoms with Gasteiger partial charge in [-0.1, -0.05) is 6.92 Å². The first kappa shape index (κ1) is 15.4. The lowest BCUT2D eigenvalue weighted by molar-refractivity contribution is -0.384. The molecule has 0 saturated heterocycles. The monoisotopic (exact) mass is 393 g/mol. The third kappa shape index (κ3) is 3.78. The fraction of sp³-hybridized carbons (Fsp3) is 0.538. The molecule has 0 bridgehead atoms. The molecule has 110 valence electrons. The lowest BCUT2D eigenvalue weighted by Gasteiger charge is -2.20. The van der Waals surface area contributed by atoms with Gasteiger partial charge in [-0.05, 0) is 42.0 Å². The maximum Gasteiger partial charge on any atom is 0.293 e. The van der Waals surface area contributed by atoms with Gasteiger partial charge in [-0.15, -0.1) is 0 Å². The van der Waals surface area contributed by atoms with Crippen LogP contribution in [0.3, 0.4) is 0 Å². The van der Waals surface area contributed by atoms with Gasteiger partial charge < -0.3 is 5.32 Å². The molecule has 1 saturated carbocycles. The third-order valence-corrected chi connectivity index (χ3v) is 4.25. The number of nitrogens with one attached hydrogen (secondary N) is 1. The Balaban J connectivity index is 2.00. The highest BCUT2D eigenvalue weighted by Crippen LogP contribution is 2.29. The largest absolute Gasteiger partial charge is 0.378 e. The summed E-state index contributed by atoms with van der Waals surface area (Å²) in [6.07, 6.45) is 2.46. The quantitative estimate of drug-likeness (QED) is 0.439. The summed E-state index contributed by atoms with van der Waals surface area (Å²) in [5.41, 5.74) is 0.171. The molecule has 0 unspecified atom stereocenters. The molecule has 0 radical (unpaired) electrons. The summed E-state index contributed by atoms with van der Waals surface area (Å²) in [5.74, 6) is -0.437. The number of benzene rings is 1. The molecular formula is C13H17FIN3O2. The Kier molecular flexibility index (Phi) is 5.14. The van der Waals surface area contributed by atoms with Crippen LogP contribution >= 0.6 is 22.6 Å². The van der Waals surface area contributed by atoms with Crippen molar-refractivity contribution in [2.45, 2.75) is 25.8 Å². The second kappa shape index (κ2) is 6.66. The number of anilines is 1. The van der Waals surface area contributed by atoms with Crippen molar-refractivity contribution in [1.29, 1.82) is 0 Å². The van der Waals surface area contributed by atoms with Gasteiger partial charge in [0, 0.05) is 31.3 Å². The Morgan fingerprint density at radius 2 is 2.25 bits per heavy atom. The smallest absolute Gasteiger partial charge is 0.293 e. The Morgan fingerprint density at radius 1 is 1.55 bits per heavy atom. The van der Waals surface area contributed by atoms with E-state index in [1.807, 2.05) is 0 Å². The fourth-order valence-electron chi connectivity index (χ4n) is 2.20. The van der Waals surface area contributed by atoms with E-state index in [4.69, 9.17) is 0 Å². The summed E-state index contributed by atoms with van der Waals surface area (Å²) in [6.45, 7) is 4.46. The topological polar surface area (TPSA) is 58.4 Å². The number of nitro benzene ring substituents is 1. The molecule has 20 heavy (non-hydrogen) atoms. The van der Waals surface area contributed by atoms with Crippen molar-refractivity contribution in [2.24, 2.45) is 0 Å². The van der Waals surface area contributed by atoms with E-state index in [1.165, 1.54) is 25.0 Å². The molecule has 7 heteroatoms. The molecule has 2 rings (SSSR count). The van der Waals surface area contributed by atoms with Gasteiger partial charge in [0.2, 0.25) is 0 Å². The number of hydrogen-bond acceptors (Lipinski definition) is 4. The van der Waals surface area contributed by atoms with Crippen molar-refractivity contribution in [3.05, 3.63) is 31.6 Å². The molecule has 0 spiro atoms. The van der Waals surface area contributed by atoms with Gasteiger partial charge in [0.25, 0.3) is 5.69 Å². The predicted molar refractivity (Wildman–Crippen MR) is 84.5 cm³/mol. The van der Waals surface area contributed by atoms with E-state index in [0.717, 1.165) is 13.1 Å². The summed E-state index contributed by atoms with van der Waals surface area (Å²) < 4.78 is 13.8. The standard InChI is InChI=1S/C13H17FIN3O2/c1-2-17(9-3-4-9)6-5-16-12-7-10(14)11(15)8-13(12)18(19)20/h7-9,16H,2-6H2,1H3. The van der Waals surface area contributed by atoms with Crippen LogP contribution < -0.4 is 5.32 Å². The Labute approximate surface area is 130 Å². The number of nitrogens with zero attached hydrogens (tertiary/aromatic N) is 2. The van der Waals surface area contributed by atoms with Crippen molar-refractivity contribution in [3.63, 3.8) is 0 Å². The first-order valence-electron chi connectivity index (χ1n) is 6.64. The number of likely N-dealkylation sites (N-methyl/N-ethyl adjacent to an activating group) is 1. The molecule has 5 nitrogen and oxygen atoms in total. The number of hydrogen-bond donors (Lipinski definition) is 1. The van der Waals surface area contributed by atoms with Crippen LogP contribution in [0.1, 0.15) is 19.8 Å². The zero-order valence-electron chi connectivity index (χ0n) is 11.2. The van der Waals surface area contributed by atoms with E-state index in [9.17, 15) is 14.5 Å². The van der Waals surface area contributed by atoms with Gasteiger partial charge in [0.05, 0.1) is 8.49 Å². The summed E-state index contributed by atoms with van der Waals surface area (Å²) in [5, 5.41) is 14.0. The lowest BCUT2D eigenvalue weighted by atomic mass is 10.2. The molecule has 0 atom stereocenters. The van der Waals surface area contributed by atoms with Crippen LogP contribution in [0.15, 0.2) is 12.1 Å². The second-order valence-electron chi connectivity index (χ2n) is 4.83. The molecular weight excluding hydrogens is 376 g/mol. The molecule has 1 N–H and O–H groups in total. The van der Waals surface area contributed by atoms with Gasteiger partial charge in [-0.3, -0.25) is 15.0 Å². The van der Waals surface area contributed by atoms with Crippen molar-refractivity contribution < 1.29 is 9.31 Å². The maximum absolute atomic E-state index is 13.5. The highest BCUT2D eigenvalue weighted by molar-refractivity contribution is 14.1. The van der Waals surface area contributed by atoms with Crippen LogP contribution in [0.2, 0.25) is 0 Å². The van der Waals surface area contributed by atoms with Crippen LogP contribution in [0.4, 0.5) is 15.8 Å². The Bertz CT molecular complexity index is 509. The Morgan fingerprint density at radius 3 is 2.80 bits per heavy atom. The molecule has 0 amide bonds. The van der Waals surface area contributed by atoms with Crippen LogP contribution in [-0.4, -0.2) is 35.5 Å². The first-order valence-corrected chi connectivity index (χ1v) is 7.72. The van der Waals surface area contributed by atoms with Gasteiger partial charge in [0.1, 0.15) is 11.5 Å². The van der Waals surface area contributed by atoms with Crippen molar-refractivity contribution in [1.82, 2.24) is 4.90 Å².